The highest BCUT2D eigenvalue weighted by molar-refractivity contribution is 7.12. The number of thiophene rings is 1. The summed E-state index contributed by atoms with van der Waals surface area (Å²) in [4.78, 5) is 17.4. The zero-order chi connectivity index (χ0) is 14.1. The maximum atomic E-state index is 12.3. The van der Waals surface area contributed by atoms with Crippen molar-refractivity contribution < 1.29 is 4.79 Å². The van der Waals surface area contributed by atoms with Crippen LogP contribution >= 0.6 is 22.9 Å². The number of aryl methyl sites for hydroxylation is 1. The van der Waals surface area contributed by atoms with Gasteiger partial charge in [-0.1, -0.05) is 17.7 Å². The predicted octanol–water partition coefficient (Wildman–Crippen LogP) is 3.99. The lowest BCUT2D eigenvalue weighted by molar-refractivity contribution is 0.0935. The zero-order valence-corrected chi connectivity index (χ0v) is 12.7. The van der Waals surface area contributed by atoms with E-state index in [1.54, 1.807) is 6.07 Å². The average molecular weight is 307 g/mol. The van der Waals surface area contributed by atoms with Gasteiger partial charge in [0.25, 0.3) is 5.91 Å². The normalized spacial score (nSPS) is 15.9. The Morgan fingerprint density at radius 3 is 2.85 bits per heavy atom. The van der Waals surface area contributed by atoms with Crippen molar-refractivity contribution in [1.82, 2.24) is 10.3 Å². The second kappa shape index (κ2) is 5.54. The van der Waals surface area contributed by atoms with Crippen molar-refractivity contribution in [2.24, 2.45) is 5.92 Å². The molecule has 1 fully saturated rings. The topological polar surface area (TPSA) is 42.0 Å². The van der Waals surface area contributed by atoms with Crippen molar-refractivity contribution in [3.63, 3.8) is 0 Å². The molecular formula is C15H15ClN2OS. The lowest BCUT2D eigenvalue weighted by Gasteiger charge is -2.18. The first-order valence-corrected chi connectivity index (χ1v) is 7.88. The molecule has 0 spiro atoms. The molecule has 3 rings (SSSR count). The molecule has 2 aromatic rings. The van der Waals surface area contributed by atoms with Crippen LogP contribution in [0.25, 0.3) is 0 Å². The molecule has 0 radical (unpaired) electrons. The fourth-order valence-corrected chi connectivity index (χ4v) is 3.31. The molecule has 0 aromatic carbocycles. The molecule has 0 aliphatic heterocycles. The monoisotopic (exact) mass is 306 g/mol. The Labute approximate surface area is 127 Å². The van der Waals surface area contributed by atoms with E-state index < -0.39 is 0 Å². The average Bonchev–Trinajstić information content (AvgIpc) is 3.17. The standard InChI is InChI=1S/C15H15ClN2OS/c1-9-3-2-4-12(17-9)13(10-5-6-10)18-15(19)14-11(16)7-8-20-14/h2-4,7-8,10,13H,5-6H2,1H3,(H,18,19)/t13-/m1/s1. The van der Waals surface area contributed by atoms with Crippen LogP contribution in [0.5, 0.6) is 0 Å². The van der Waals surface area contributed by atoms with Gasteiger partial charge in [0, 0.05) is 5.69 Å². The van der Waals surface area contributed by atoms with E-state index in [2.05, 4.69) is 10.3 Å². The van der Waals surface area contributed by atoms with Crippen LogP contribution in [0.4, 0.5) is 0 Å². The first kappa shape index (κ1) is 13.6. The van der Waals surface area contributed by atoms with E-state index in [0.717, 1.165) is 24.2 Å². The molecule has 0 unspecified atom stereocenters. The number of nitrogens with one attached hydrogen (secondary N) is 1. The van der Waals surface area contributed by atoms with Crippen molar-refractivity contribution in [2.45, 2.75) is 25.8 Å². The minimum atomic E-state index is -0.106. The van der Waals surface area contributed by atoms with Gasteiger partial charge in [0.15, 0.2) is 0 Å². The molecule has 1 saturated carbocycles. The number of amides is 1. The van der Waals surface area contributed by atoms with Crippen LogP contribution in [0.15, 0.2) is 29.6 Å². The molecule has 104 valence electrons. The Kier molecular flexibility index (Phi) is 3.76. The first-order chi connectivity index (χ1) is 9.65. The fraction of sp³-hybridized carbons (Fsp3) is 0.333. The second-order valence-electron chi connectivity index (χ2n) is 5.09. The van der Waals surface area contributed by atoms with E-state index in [9.17, 15) is 4.79 Å². The molecule has 2 heterocycles. The number of pyridine rings is 1. The van der Waals surface area contributed by atoms with Crippen LogP contribution in [-0.2, 0) is 0 Å². The molecular weight excluding hydrogens is 292 g/mol. The Hall–Kier alpha value is -1.39. The summed E-state index contributed by atoms with van der Waals surface area (Å²) in [5.41, 5.74) is 1.91. The number of carbonyl (C=O) groups excluding carboxylic acids is 1. The highest BCUT2D eigenvalue weighted by Crippen LogP contribution is 2.40. The molecule has 3 nitrogen and oxygen atoms in total. The summed E-state index contributed by atoms with van der Waals surface area (Å²) in [6, 6.07) is 7.66. The molecule has 5 heteroatoms. The molecule has 1 aliphatic carbocycles. The Bertz CT molecular complexity index is 636. The van der Waals surface area contributed by atoms with Crippen molar-refractivity contribution in [3.05, 3.63) is 50.9 Å². The highest BCUT2D eigenvalue weighted by Gasteiger charge is 2.34. The summed E-state index contributed by atoms with van der Waals surface area (Å²) in [5.74, 6) is 0.386. The van der Waals surface area contributed by atoms with Gasteiger partial charge < -0.3 is 5.32 Å². The van der Waals surface area contributed by atoms with Crippen molar-refractivity contribution in [1.29, 1.82) is 0 Å². The number of carbonyl (C=O) groups is 1. The number of hydrogen-bond acceptors (Lipinski definition) is 3. The third-order valence-electron chi connectivity index (χ3n) is 3.43. The van der Waals surface area contributed by atoms with Gasteiger partial charge in [-0.2, -0.15) is 0 Å². The quantitative estimate of drug-likeness (QED) is 0.928. The van der Waals surface area contributed by atoms with Crippen LogP contribution in [0, 0.1) is 12.8 Å². The molecule has 1 N–H and O–H groups in total. The van der Waals surface area contributed by atoms with Gasteiger partial charge >= 0.3 is 0 Å². The summed E-state index contributed by atoms with van der Waals surface area (Å²) < 4.78 is 0. The third-order valence-corrected chi connectivity index (χ3v) is 4.77. The van der Waals surface area contributed by atoms with Crippen LogP contribution in [0.3, 0.4) is 0 Å². The number of aromatic nitrogens is 1. The van der Waals surface area contributed by atoms with Crippen molar-refractivity contribution in [2.75, 3.05) is 0 Å². The molecule has 1 amide bonds. The summed E-state index contributed by atoms with van der Waals surface area (Å²) in [7, 11) is 0. The van der Waals surface area contributed by atoms with Crippen LogP contribution in [0.1, 0.15) is 39.9 Å². The lowest BCUT2D eigenvalue weighted by atomic mass is 10.1. The zero-order valence-electron chi connectivity index (χ0n) is 11.1. The van der Waals surface area contributed by atoms with Gasteiger partial charge in [-0.25, -0.2) is 0 Å². The third kappa shape index (κ3) is 2.86. The smallest absolute Gasteiger partial charge is 0.263 e. The van der Waals surface area contributed by atoms with Crippen molar-refractivity contribution in [3.8, 4) is 0 Å². The van der Waals surface area contributed by atoms with Gasteiger partial charge in [0.05, 0.1) is 16.8 Å². The molecule has 20 heavy (non-hydrogen) atoms. The minimum absolute atomic E-state index is 0.0134. The molecule has 0 bridgehead atoms. The van der Waals surface area contributed by atoms with E-state index in [4.69, 9.17) is 11.6 Å². The lowest BCUT2D eigenvalue weighted by Crippen LogP contribution is -2.30. The van der Waals surface area contributed by atoms with Gasteiger partial charge in [-0.15, -0.1) is 11.3 Å². The summed E-state index contributed by atoms with van der Waals surface area (Å²) in [6.45, 7) is 1.96. The van der Waals surface area contributed by atoms with Gasteiger partial charge in [0.2, 0.25) is 0 Å². The number of halogens is 1. The van der Waals surface area contributed by atoms with E-state index in [1.807, 2.05) is 30.5 Å². The maximum absolute atomic E-state index is 12.3. The first-order valence-electron chi connectivity index (χ1n) is 6.62. The summed E-state index contributed by atoms with van der Waals surface area (Å²) in [5, 5.41) is 5.43. The van der Waals surface area contributed by atoms with Crippen LogP contribution in [-0.4, -0.2) is 10.9 Å². The minimum Gasteiger partial charge on any atom is -0.343 e. The van der Waals surface area contributed by atoms with E-state index in [-0.39, 0.29) is 11.9 Å². The number of hydrogen-bond donors (Lipinski definition) is 1. The van der Waals surface area contributed by atoms with Gasteiger partial charge in [0.1, 0.15) is 4.88 Å². The van der Waals surface area contributed by atoms with Crippen LogP contribution in [0.2, 0.25) is 5.02 Å². The van der Waals surface area contributed by atoms with Crippen LogP contribution < -0.4 is 5.32 Å². The Morgan fingerprint density at radius 2 is 2.25 bits per heavy atom. The molecule has 0 saturated heterocycles. The van der Waals surface area contributed by atoms with E-state index in [1.165, 1.54) is 11.3 Å². The molecule has 2 aromatic heterocycles. The summed E-state index contributed by atoms with van der Waals surface area (Å²) in [6.07, 6.45) is 2.28. The Balaban J connectivity index is 1.82. The summed E-state index contributed by atoms with van der Waals surface area (Å²) >= 11 is 7.38. The Morgan fingerprint density at radius 1 is 1.45 bits per heavy atom. The second-order valence-corrected chi connectivity index (χ2v) is 6.41. The SMILES string of the molecule is Cc1cccc([C@H](NC(=O)c2sccc2Cl)C2CC2)n1. The number of rotatable bonds is 4. The highest BCUT2D eigenvalue weighted by atomic mass is 35.5. The predicted molar refractivity (Wildman–Crippen MR) is 81.2 cm³/mol. The molecule has 1 aliphatic rings. The number of nitrogens with zero attached hydrogens (tertiary/aromatic N) is 1. The largest absolute Gasteiger partial charge is 0.343 e. The van der Waals surface area contributed by atoms with Gasteiger partial charge in [-0.05, 0) is 49.3 Å². The maximum Gasteiger partial charge on any atom is 0.263 e. The molecule has 1 atom stereocenters. The van der Waals surface area contributed by atoms with E-state index >= 15 is 0 Å². The van der Waals surface area contributed by atoms with Gasteiger partial charge in [-0.3, -0.25) is 9.78 Å². The van der Waals surface area contributed by atoms with Crippen molar-refractivity contribution >= 4 is 28.8 Å². The fourth-order valence-electron chi connectivity index (χ4n) is 2.26. The van der Waals surface area contributed by atoms with E-state index in [0.29, 0.717) is 15.8 Å².